The number of para-hydroxylation sites is 2. The summed E-state index contributed by atoms with van der Waals surface area (Å²) in [7, 11) is 1.59. The van der Waals surface area contributed by atoms with E-state index < -0.39 is 0 Å². The number of nitrogens with zero attached hydrogens (tertiary/aromatic N) is 1. The van der Waals surface area contributed by atoms with Crippen molar-refractivity contribution in [3.05, 3.63) is 60.7 Å². The van der Waals surface area contributed by atoms with Gasteiger partial charge in [0.25, 0.3) is 0 Å². The van der Waals surface area contributed by atoms with Gasteiger partial charge in [0.05, 0.1) is 11.4 Å². The molecule has 92 valence electrons. The van der Waals surface area contributed by atoms with E-state index in [9.17, 15) is 4.79 Å². The van der Waals surface area contributed by atoms with Crippen LogP contribution < -0.4 is 15.8 Å². The van der Waals surface area contributed by atoms with Gasteiger partial charge in [0.15, 0.2) is 0 Å². The summed E-state index contributed by atoms with van der Waals surface area (Å²) in [5.74, 6) is 0. The first kappa shape index (κ1) is 12.0. The van der Waals surface area contributed by atoms with E-state index in [2.05, 4.69) is 10.7 Å². The van der Waals surface area contributed by atoms with Crippen molar-refractivity contribution in [3.8, 4) is 0 Å². The molecule has 0 aliphatic heterocycles. The van der Waals surface area contributed by atoms with Crippen molar-refractivity contribution in [2.24, 2.45) is 0 Å². The maximum atomic E-state index is 11.5. The molecule has 2 amide bonds. The van der Waals surface area contributed by atoms with Crippen LogP contribution in [0.4, 0.5) is 16.2 Å². The summed E-state index contributed by atoms with van der Waals surface area (Å²) in [5.41, 5.74) is 4.57. The molecule has 18 heavy (non-hydrogen) atoms. The molecule has 4 nitrogen and oxygen atoms in total. The lowest BCUT2D eigenvalue weighted by Crippen LogP contribution is -2.43. The number of amides is 2. The number of hydrogen-bond acceptors (Lipinski definition) is 2. The standard InChI is InChI=1S/C14H15N3O/c1-15-14(18)16-17(12-8-4-2-5-9-12)13-10-6-3-7-11-13/h2-11H,1H3,(H2,15,16,18). The normalized spacial score (nSPS) is 9.61. The Morgan fingerprint density at radius 2 is 1.33 bits per heavy atom. The summed E-state index contributed by atoms with van der Waals surface area (Å²) < 4.78 is 0. The molecule has 0 aromatic heterocycles. The Kier molecular flexibility index (Phi) is 3.81. The number of nitrogens with one attached hydrogen (secondary N) is 2. The van der Waals surface area contributed by atoms with Gasteiger partial charge in [0.1, 0.15) is 0 Å². The molecule has 0 unspecified atom stereocenters. The number of anilines is 2. The van der Waals surface area contributed by atoms with Crippen molar-refractivity contribution < 1.29 is 4.79 Å². The summed E-state index contributed by atoms with van der Waals surface area (Å²) in [6, 6.07) is 19.1. The number of urea groups is 1. The Morgan fingerprint density at radius 1 is 0.889 bits per heavy atom. The maximum absolute atomic E-state index is 11.5. The number of rotatable bonds is 3. The van der Waals surface area contributed by atoms with Gasteiger partial charge in [-0.1, -0.05) is 36.4 Å². The van der Waals surface area contributed by atoms with Crippen molar-refractivity contribution in [2.45, 2.75) is 0 Å². The van der Waals surface area contributed by atoms with Crippen LogP contribution in [0.3, 0.4) is 0 Å². The van der Waals surface area contributed by atoms with E-state index in [0.717, 1.165) is 11.4 Å². The van der Waals surface area contributed by atoms with Crippen molar-refractivity contribution >= 4 is 17.4 Å². The molecule has 0 atom stereocenters. The van der Waals surface area contributed by atoms with Gasteiger partial charge in [0.2, 0.25) is 0 Å². The van der Waals surface area contributed by atoms with Crippen molar-refractivity contribution in [1.82, 2.24) is 10.7 Å². The minimum absolute atomic E-state index is 0.261. The third-order valence-electron chi connectivity index (χ3n) is 2.47. The van der Waals surface area contributed by atoms with E-state index in [-0.39, 0.29) is 6.03 Å². The first-order valence-corrected chi connectivity index (χ1v) is 5.70. The summed E-state index contributed by atoms with van der Waals surface area (Å²) in [6.07, 6.45) is 0. The average Bonchev–Trinajstić information content (AvgIpc) is 2.46. The molecular weight excluding hydrogens is 226 g/mol. The second kappa shape index (κ2) is 5.72. The fraction of sp³-hybridized carbons (Fsp3) is 0.0714. The Morgan fingerprint density at radius 3 is 1.72 bits per heavy atom. The number of carbonyl (C=O) groups is 1. The van der Waals surface area contributed by atoms with Crippen LogP contribution in [-0.4, -0.2) is 13.1 Å². The quantitative estimate of drug-likeness (QED) is 0.811. The summed E-state index contributed by atoms with van der Waals surface area (Å²) >= 11 is 0. The van der Waals surface area contributed by atoms with Crippen LogP contribution in [0.5, 0.6) is 0 Å². The highest BCUT2D eigenvalue weighted by Gasteiger charge is 2.10. The highest BCUT2D eigenvalue weighted by Crippen LogP contribution is 2.22. The van der Waals surface area contributed by atoms with E-state index >= 15 is 0 Å². The summed E-state index contributed by atoms with van der Waals surface area (Å²) in [4.78, 5) is 11.5. The first-order chi connectivity index (χ1) is 8.81. The Bertz CT molecular complexity index is 459. The lowest BCUT2D eigenvalue weighted by atomic mass is 10.2. The zero-order chi connectivity index (χ0) is 12.8. The van der Waals surface area contributed by atoms with Crippen molar-refractivity contribution in [3.63, 3.8) is 0 Å². The predicted octanol–water partition coefficient (Wildman–Crippen LogP) is 2.67. The van der Waals surface area contributed by atoms with Crippen LogP contribution in [0.1, 0.15) is 0 Å². The lowest BCUT2D eigenvalue weighted by Gasteiger charge is -2.25. The first-order valence-electron chi connectivity index (χ1n) is 5.70. The van der Waals surface area contributed by atoms with Gasteiger partial charge in [-0.25, -0.2) is 10.2 Å². The summed E-state index contributed by atoms with van der Waals surface area (Å²) in [5, 5.41) is 4.28. The SMILES string of the molecule is CNC(=O)NN(c1ccccc1)c1ccccc1. The molecule has 0 radical (unpaired) electrons. The minimum atomic E-state index is -0.261. The molecule has 0 saturated heterocycles. The van der Waals surface area contributed by atoms with Gasteiger partial charge in [-0.3, -0.25) is 5.01 Å². The number of hydrazine groups is 1. The van der Waals surface area contributed by atoms with Crippen LogP contribution in [0.15, 0.2) is 60.7 Å². The summed E-state index contributed by atoms with van der Waals surface area (Å²) in [6.45, 7) is 0. The van der Waals surface area contributed by atoms with Gasteiger partial charge >= 0.3 is 6.03 Å². The topological polar surface area (TPSA) is 44.4 Å². The molecule has 0 bridgehead atoms. The number of benzene rings is 2. The number of carbonyl (C=O) groups excluding carboxylic acids is 1. The predicted molar refractivity (Wildman–Crippen MR) is 72.6 cm³/mol. The van der Waals surface area contributed by atoms with Gasteiger partial charge < -0.3 is 5.32 Å². The van der Waals surface area contributed by atoms with Crippen LogP contribution in [0.25, 0.3) is 0 Å². The van der Waals surface area contributed by atoms with Crippen LogP contribution in [0.2, 0.25) is 0 Å². The number of hydrogen-bond donors (Lipinski definition) is 2. The molecule has 0 heterocycles. The second-order valence-electron chi connectivity index (χ2n) is 3.70. The Balaban J connectivity index is 2.32. The molecule has 0 aliphatic rings. The minimum Gasteiger partial charge on any atom is -0.340 e. The van der Waals surface area contributed by atoms with Crippen molar-refractivity contribution in [2.75, 3.05) is 12.1 Å². The Labute approximate surface area is 106 Å². The average molecular weight is 241 g/mol. The second-order valence-corrected chi connectivity index (χ2v) is 3.70. The van der Waals surface area contributed by atoms with E-state index in [0.29, 0.717) is 0 Å². The van der Waals surface area contributed by atoms with E-state index in [1.54, 1.807) is 12.1 Å². The molecule has 2 aromatic carbocycles. The molecule has 0 spiro atoms. The zero-order valence-corrected chi connectivity index (χ0v) is 10.1. The van der Waals surface area contributed by atoms with E-state index in [1.807, 2.05) is 60.7 Å². The van der Waals surface area contributed by atoms with Gasteiger partial charge in [0, 0.05) is 7.05 Å². The molecule has 4 heteroatoms. The maximum Gasteiger partial charge on any atom is 0.333 e. The third-order valence-corrected chi connectivity index (χ3v) is 2.47. The molecule has 2 aromatic rings. The largest absolute Gasteiger partial charge is 0.340 e. The molecule has 0 fully saturated rings. The zero-order valence-electron chi connectivity index (χ0n) is 10.1. The van der Waals surface area contributed by atoms with Gasteiger partial charge in [-0.15, -0.1) is 0 Å². The monoisotopic (exact) mass is 241 g/mol. The van der Waals surface area contributed by atoms with Crippen LogP contribution >= 0.6 is 0 Å². The van der Waals surface area contributed by atoms with Crippen molar-refractivity contribution in [1.29, 1.82) is 0 Å². The molecule has 2 rings (SSSR count). The van der Waals surface area contributed by atoms with Gasteiger partial charge in [-0.05, 0) is 24.3 Å². The Hall–Kier alpha value is -2.49. The molecule has 0 saturated carbocycles. The lowest BCUT2D eigenvalue weighted by molar-refractivity contribution is 0.243. The highest BCUT2D eigenvalue weighted by molar-refractivity contribution is 5.78. The van der Waals surface area contributed by atoms with Gasteiger partial charge in [-0.2, -0.15) is 0 Å². The fourth-order valence-electron chi connectivity index (χ4n) is 1.59. The highest BCUT2D eigenvalue weighted by atomic mass is 16.2. The third kappa shape index (κ3) is 2.79. The van der Waals surface area contributed by atoms with E-state index in [4.69, 9.17) is 0 Å². The molecular formula is C14H15N3O. The van der Waals surface area contributed by atoms with Crippen LogP contribution in [0, 0.1) is 0 Å². The van der Waals surface area contributed by atoms with E-state index in [1.165, 1.54) is 0 Å². The molecule has 0 aliphatic carbocycles. The molecule has 2 N–H and O–H groups in total. The van der Waals surface area contributed by atoms with Crippen LogP contribution in [-0.2, 0) is 0 Å². The smallest absolute Gasteiger partial charge is 0.333 e. The fourth-order valence-corrected chi connectivity index (χ4v) is 1.59.